The average molecular weight is 304 g/mol. The molecular weight excluding hydrogens is 294 g/mol. The van der Waals surface area contributed by atoms with Crippen LogP contribution in [-0.2, 0) is 6.54 Å². The summed E-state index contributed by atoms with van der Waals surface area (Å²) >= 11 is 10.5. The van der Waals surface area contributed by atoms with Crippen molar-refractivity contribution >= 4 is 46.8 Å². The summed E-state index contributed by atoms with van der Waals surface area (Å²) in [6, 6.07) is 4.54. The van der Waals surface area contributed by atoms with Crippen LogP contribution in [0.5, 0.6) is 0 Å². The van der Waals surface area contributed by atoms with Gasteiger partial charge < -0.3 is 21.3 Å². The second-order valence-corrected chi connectivity index (χ2v) is 4.29. The first-order chi connectivity index (χ1) is 8.81. The number of carbonyl (C=O) groups is 2. The van der Waals surface area contributed by atoms with E-state index in [0.717, 1.165) is 0 Å². The van der Waals surface area contributed by atoms with Gasteiger partial charge >= 0.3 is 12.2 Å². The maximum Gasteiger partial charge on any atom is 0.417 e. The van der Waals surface area contributed by atoms with Gasteiger partial charge in [-0.05, 0) is 36.0 Å². The van der Waals surface area contributed by atoms with Crippen LogP contribution in [0.3, 0.4) is 0 Å². The Morgan fingerprint density at radius 3 is 2.42 bits per heavy atom. The molecule has 0 aliphatic rings. The van der Waals surface area contributed by atoms with Crippen molar-refractivity contribution in [1.82, 2.24) is 4.90 Å². The first-order valence-electron chi connectivity index (χ1n) is 4.89. The minimum atomic E-state index is -1.59. The molecule has 5 N–H and O–H groups in total. The molecule has 0 aliphatic heterocycles. The van der Waals surface area contributed by atoms with Crippen LogP contribution in [0.1, 0.15) is 5.56 Å². The molecule has 0 heterocycles. The highest BCUT2D eigenvalue weighted by Gasteiger charge is 2.21. The van der Waals surface area contributed by atoms with E-state index in [9.17, 15) is 9.59 Å². The number of hydrogen-bond donors (Lipinski definition) is 4. The van der Waals surface area contributed by atoms with Gasteiger partial charge in [0.1, 0.15) is 0 Å². The minimum Gasteiger partial charge on any atom is -0.465 e. The Morgan fingerprint density at radius 1 is 1.37 bits per heavy atom. The van der Waals surface area contributed by atoms with Crippen LogP contribution in [-0.4, -0.2) is 32.4 Å². The lowest BCUT2D eigenvalue weighted by molar-refractivity contribution is 0.120. The SMILES string of the molecule is NC(=S)Nc1ccc(Cl)c(CN(C(=O)O)C(=O)O)c1. The third-order valence-corrected chi connectivity index (χ3v) is 2.57. The van der Waals surface area contributed by atoms with Crippen molar-refractivity contribution in [3.05, 3.63) is 28.8 Å². The summed E-state index contributed by atoms with van der Waals surface area (Å²) in [6.45, 7) is -0.393. The van der Waals surface area contributed by atoms with E-state index in [4.69, 9.17) is 27.5 Å². The highest BCUT2D eigenvalue weighted by Crippen LogP contribution is 2.22. The van der Waals surface area contributed by atoms with Gasteiger partial charge in [-0.3, -0.25) is 0 Å². The summed E-state index contributed by atoms with van der Waals surface area (Å²) in [5.41, 5.74) is 6.10. The van der Waals surface area contributed by atoms with Gasteiger partial charge in [0, 0.05) is 10.7 Å². The van der Waals surface area contributed by atoms with Crippen LogP contribution in [0.2, 0.25) is 5.02 Å². The van der Waals surface area contributed by atoms with Gasteiger partial charge in [-0.2, -0.15) is 0 Å². The maximum absolute atomic E-state index is 10.8. The molecule has 7 nitrogen and oxygen atoms in total. The summed E-state index contributed by atoms with van der Waals surface area (Å²) in [6.07, 6.45) is -3.17. The van der Waals surface area contributed by atoms with Crippen LogP contribution in [0.25, 0.3) is 0 Å². The van der Waals surface area contributed by atoms with Gasteiger partial charge in [-0.15, -0.1) is 0 Å². The monoisotopic (exact) mass is 303 g/mol. The van der Waals surface area contributed by atoms with E-state index in [2.05, 4.69) is 17.5 Å². The van der Waals surface area contributed by atoms with Gasteiger partial charge in [0.2, 0.25) is 0 Å². The van der Waals surface area contributed by atoms with E-state index in [1.807, 2.05) is 0 Å². The summed E-state index contributed by atoms with van der Waals surface area (Å²) in [4.78, 5) is 21.7. The van der Waals surface area contributed by atoms with Crippen molar-refractivity contribution in [2.45, 2.75) is 6.54 Å². The number of anilines is 1. The first kappa shape index (κ1) is 15.0. The Labute approximate surface area is 118 Å². The lowest BCUT2D eigenvalue weighted by Gasteiger charge is -2.15. The number of amides is 2. The number of hydrogen-bond acceptors (Lipinski definition) is 3. The lowest BCUT2D eigenvalue weighted by atomic mass is 10.2. The fourth-order valence-electron chi connectivity index (χ4n) is 1.30. The molecule has 0 aliphatic carbocycles. The molecule has 0 bridgehead atoms. The van der Waals surface area contributed by atoms with Crippen molar-refractivity contribution in [3.63, 3.8) is 0 Å². The summed E-state index contributed by atoms with van der Waals surface area (Å²) in [5.74, 6) is 0. The molecule has 0 aromatic heterocycles. The minimum absolute atomic E-state index is 0.0293. The fraction of sp³-hybridized carbons (Fsp3) is 0.100. The molecule has 2 amide bonds. The van der Waals surface area contributed by atoms with Gasteiger partial charge in [0.05, 0.1) is 6.54 Å². The molecule has 0 radical (unpaired) electrons. The maximum atomic E-state index is 10.8. The quantitative estimate of drug-likeness (QED) is 0.632. The van der Waals surface area contributed by atoms with Crippen molar-refractivity contribution in [3.8, 4) is 0 Å². The van der Waals surface area contributed by atoms with Crippen LogP contribution in [0.15, 0.2) is 18.2 Å². The largest absolute Gasteiger partial charge is 0.465 e. The molecular formula is C10H10ClN3O4S. The fourth-order valence-corrected chi connectivity index (χ4v) is 1.60. The molecule has 9 heteroatoms. The number of imide groups is 1. The zero-order valence-corrected chi connectivity index (χ0v) is 11.0. The second kappa shape index (κ2) is 6.21. The highest BCUT2D eigenvalue weighted by atomic mass is 35.5. The third kappa shape index (κ3) is 4.27. The lowest BCUT2D eigenvalue weighted by Crippen LogP contribution is -2.33. The molecule has 0 fully saturated rings. The van der Waals surface area contributed by atoms with Gasteiger partial charge in [-0.25, -0.2) is 14.5 Å². The van der Waals surface area contributed by atoms with Crippen molar-refractivity contribution in [1.29, 1.82) is 0 Å². The highest BCUT2D eigenvalue weighted by molar-refractivity contribution is 7.80. The Morgan fingerprint density at radius 2 is 1.95 bits per heavy atom. The normalized spacial score (nSPS) is 9.74. The molecule has 1 aromatic carbocycles. The molecule has 0 atom stereocenters. The topological polar surface area (TPSA) is 116 Å². The van der Waals surface area contributed by atoms with Crippen LogP contribution in [0, 0.1) is 0 Å². The average Bonchev–Trinajstić information content (AvgIpc) is 2.28. The van der Waals surface area contributed by atoms with Crippen molar-refractivity contribution in [2.75, 3.05) is 5.32 Å². The van der Waals surface area contributed by atoms with Gasteiger partial charge in [0.25, 0.3) is 0 Å². The number of thiocarbonyl (C=S) groups is 1. The standard InChI is InChI=1S/C10H10ClN3O4S/c11-7-2-1-6(13-8(12)19)3-5(7)4-14(9(15)16)10(17)18/h1-3H,4H2,(H,15,16)(H,17,18)(H3,12,13,19). The van der Waals surface area contributed by atoms with Crippen LogP contribution < -0.4 is 11.1 Å². The smallest absolute Gasteiger partial charge is 0.417 e. The number of nitrogens with one attached hydrogen (secondary N) is 1. The Hall–Kier alpha value is -2.06. The van der Waals surface area contributed by atoms with Crippen molar-refractivity contribution < 1.29 is 19.8 Å². The van der Waals surface area contributed by atoms with Gasteiger partial charge in [0.15, 0.2) is 5.11 Å². The summed E-state index contributed by atoms with van der Waals surface area (Å²) in [5, 5.41) is 20.4. The van der Waals surface area contributed by atoms with E-state index in [1.54, 1.807) is 6.07 Å². The number of nitrogens with two attached hydrogens (primary N) is 1. The molecule has 0 unspecified atom stereocenters. The van der Waals surface area contributed by atoms with E-state index < -0.39 is 18.7 Å². The number of rotatable bonds is 3. The first-order valence-corrected chi connectivity index (χ1v) is 5.68. The van der Waals surface area contributed by atoms with E-state index in [-0.39, 0.29) is 15.0 Å². The van der Waals surface area contributed by atoms with Crippen LogP contribution >= 0.6 is 23.8 Å². The zero-order chi connectivity index (χ0) is 14.6. The zero-order valence-electron chi connectivity index (χ0n) is 9.46. The molecule has 1 rings (SSSR count). The third-order valence-electron chi connectivity index (χ3n) is 2.10. The Balaban J connectivity index is 3.01. The van der Waals surface area contributed by atoms with E-state index in [1.165, 1.54) is 12.1 Å². The Bertz CT molecular complexity index is 524. The number of nitrogens with zero attached hydrogens (tertiary/aromatic N) is 1. The predicted molar refractivity (Wildman–Crippen MR) is 73.5 cm³/mol. The van der Waals surface area contributed by atoms with Crippen molar-refractivity contribution in [2.24, 2.45) is 5.73 Å². The van der Waals surface area contributed by atoms with Gasteiger partial charge in [-0.1, -0.05) is 11.6 Å². The number of benzene rings is 1. The predicted octanol–water partition coefficient (Wildman–Crippen LogP) is 2.15. The van der Waals surface area contributed by atoms with Crippen LogP contribution in [0.4, 0.5) is 15.3 Å². The second-order valence-electron chi connectivity index (χ2n) is 3.45. The Kier molecular flexibility index (Phi) is 4.90. The molecule has 0 spiro atoms. The molecule has 0 saturated heterocycles. The molecule has 1 aromatic rings. The summed E-state index contributed by atoms with van der Waals surface area (Å²) < 4.78 is 0. The van der Waals surface area contributed by atoms with E-state index in [0.29, 0.717) is 11.3 Å². The van der Waals surface area contributed by atoms with E-state index >= 15 is 0 Å². The molecule has 0 saturated carbocycles. The number of carboxylic acid groups (broad SMARTS) is 2. The molecule has 102 valence electrons. The summed E-state index contributed by atoms with van der Waals surface area (Å²) in [7, 11) is 0. The number of halogens is 1. The molecule has 19 heavy (non-hydrogen) atoms.